The van der Waals surface area contributed by atoms with Gasteiger partial charge in [-0.3, -0.25) is 0 Å². The Kier molecular flexibility index (Phi) is 3.20. The van der Waals surface area contributed by atoms with Crippen LogP contribution < -0.4 is 5.73 Å². The minimum atomic E-state index is 0.640. The van der Waals surface area contributed by atoms with Crippen LogP contribution in [0.1, 0.15) is 5.56 Å². The van der Waals surface area contributed by atoms with Crippen LogP contribution in [0.15, 0.2) is 53.9 Å². The molecule has 3 nitrogen and oxygen atoms in total. The normalized spacial score (nSPS) is 10.2. The Bertz CT molecular complexity index is 799. The quantitative estimate of drug-likeness (QED) is 0.722. The number of nitrogen functional groups attached to an aromatic ring is 1. The van der Waals surface area contributed by atoms with Gasteiger partial charge in [0.1, 0.15) is 5.01 Å². The van der Waals surface area contributed by atoms with Gasteiger partial charge < -0.3 is 5.73 Å². The van der Waals surface area contributed by atoms with E-state index in [1.165, 1.54) is 0 Å². The van der Waals surface area contributed by atoms with E-state index in [2.05, 4.69) is 11.1 Å². The second-order valence-corrected chi connectivity index (χ2v) is 5.21. The first-order valence-electron chi connectivity index (χ1n) is 6.08. The van der Waals surface area contributed by atoms with Crippen molar-refractivity contribution in [3.8, 4) is 27.9 Å². The topological polar surface area (TPSA) is 62.7 Å². The average Bonchev–Trinajstić information content (AvgIpc) is 2.97. The van der Waals surface area contributed by atoms with Gasteiger partial charge in [-0.1, -0.05) is 24.3 Å². The number of aromatic nitrogens is 1. The van der Waals surface area contributed by atoms with Crippen molar-refractivity contribution in [1.29, 1.82) is 5.26 Å². The molecule has 0 amide bonds. The highest BCUT2D eigenvalue weighted by atomic mass is 32.1. The fourth-order valence-electron chi connectivity index (χ4n) is 1.96. The first-order chi connectivity index (χ1) is 9.76. The Balaban J connectivity index is 2.00. The highest BCUT2D eigenvalue weighted by Gasteiger charge is 2.07. The van der Waals surface area contributed by atoms with E-state index in [4.69, 9.17) is 11.0 Å². The van der Waals surface area contributed by atoms with Crippen LogP contribution in [0.25, 0.3) is 21.8 Å². The molecule has 0 saturated carbocycles. The number of nitriles is 1. The number of nitrogens with zero attached hydrogens (tertiary/aromatic N) is 2. The molecule has 0 saturated heterocycles. The highest BCUT2D eigenvalue weighted by molar-refractivity contribution is 7.13. The zero-order chi connectivity index (χ0) is 13.9. The largest absolute Gasteiger partial charge is 0.399 e. The van der Waals surface area contributed by atoms with E-state index < -0.39 is 0 Å². The smallest absolute Gasteiger partial charge is 0.124 e. The lowest BCUT2D eigenvalue weighted by molar-refractivity contribution is 1.39. The van der Waals surface area contributed by atoms with E-state index in [0.717, 1.165) is 27.5 Å². The Morgan fingerprint density at radius 2 is 1.85 bits per heavy atom. The van der Waals surface area contributed by atoms with Crippen molar-refractivity contribution in [1.82, 2.24) is 4.98 Å². The molecule has 3 aromatic rings. The maximum atomic E-state index is 8.94. The van der Waals surface area contributed by atoms with Gasteiger partial charge in [-0.25, -0.2) is 4.98 Å². The second kappa shape index (κ2) is 5.16. The molecule has 2 N–H and O–H groups in total. The molecule has 20 heavy (non-hydrogen) atoms. The van der Waals surface area contributed by atoms with Gasteiger partial charge in [0, 0.05) is 22.2 Å². The van der Waals surface area contributed by atoms with Crippen molar-refractivity contribution in [2.45, 2.75) is 0 Å². The van der Waals surface area contributed by atoms with Crippen molar-refractivity contribution in [2.75, 3.05) is 5.73 Å². The van der Waals surface area contributed by atoms with Gasteiger partial charge in [0.2, 0.25) is 0 Å². The molecule has 0 unspecified atom stereocenters. The summed E-state index contributed by atoms with van der Waals surface area (Å²) >= 11 is 1.57. The summed E-state index contributed by atoms with van der Waals surface area (Å²) in [5.41, 5.74) is 10.0. The summed E-state index contributed by atoms with van der Waals surface area (Å²) < 4.78 is 0. The molecule has 4 heteroatoms. The molecular formula is C16H11N3S. The molecule has 0 spiro atoms. The number of hydrogen-bond acceptors (Lipinski definition) is 4. The van der Waals surface area contributed by atoms with Gasteiger partial charge in [0.25, 0.3) is 0 Å². The van der Waals surface area contributed by atoms with Crippen molar-refractivity contribution in [3.05, 3.63) is 59.5 Å². The van der Waals surface area contributed by atoms with E-state index in [9.17, 15) is 0 Å². The number of anilines is 1. The summed E-state index contributed by atoms with van der Waals surface area (Å²) in [7, 11) is 0. The lowest BCUT2D eigenvalue weighted by Crippen LogP contribution is -1.85. The summed E-state index contributed by atoms with van der Waals surface area (Å²) in [6.07, 6.45) is 0. The monoisotopic (exact) mass is 277 g/mol. The lowest BCUT2D eigenvalue weighted by atomic mass is 10.1. The fourth-order valence-corrected chi connectivity index (χ4v) is 2.78. The third-order valence-corrected chi connectivity index (χ3v) is 3.82. The molecule has 96 valence electrons. The summed E-state index contributed by atoms with van der Waals surface area (Å²) in [5.74, 6) is 0. The van der Waals surface area contributed by atoms with Crippen LogP contribution in [0.5, 0.6) is 0 Å². The minimum Gasteiger partial charge on any atom is -0.399 e. The zero-order valence-corrected chi connectivity index (χ0v) is 11.4. The summed E-state index contributed by atoms with van der Waals surface area (Å²) in [5, 5.41) is 11.9. The van der Waals surface area contributed by atoms with Crippen LogP contribution >= 0.6 is 11.3 Å². The molecule has 0 aliphatic rings. The van der Waals surface area contributed by atoms with Crippen LogP contribution in [0, 0.1) is 11.3 Å². The van der Waals surface area contributed by atoms with E-state index in [1.807, 2.05) is 47.8 Å². The molecule has 1 heterocycles. The molecule has 0 aliphatic carbocycles. The predicted molar refractivity (Wildman–Crippen MR) is 82.1 cm³/mol. The third kappa shape index (κ3) is 2.40. The summed E-state index contributed by atoms with van der Waals surface area (Å²) in [6, 6.07) is 17.3. The number of thiazole rings is 1. The molecule has 3 rings (SSSR count). The Morgan fingerprint density at radius 3 is 2.65 bits per heavy atom. The van der Waals surface area contributed by atoms with Gasteiger partial charge in [-0.15, -0.1) is 11.3 Å². The van der Waals surface area contributed by atoms with Gasteiger partial charge in [-0.05, 0) is 24.3 Å². The lowest BCUT2D eigenvalue weighted by Gasteiger charge is -1.98. The van der Waals surface area contributed by atoms with E-state index in [0.29, 0.717) is 5.56 Å². The first kappa shape index (κ1) is 12.4. The maximum absolute atomic E-state index is 8.94. The maximum Gasteiger partial charge on any atom is 0.124 e. The van der Waals surface area contributed by atoms with E-state index >= 15 is 0 Å². The van der Waals surface area contributed by atoms with E-state index in [-0.39, 0.29) is 0 Å². The summed E-state index contributed by atoms with van der Waals surface area (Å²) in [6.45, 7) is 0. The summed E-state index contributed by atoms with van der Waals surface area (Å²) in [4.78, 5) is 4.62. The number of rotatable bonds is 2. The molecule has 0 aliphatic heterocycles. The molecule has 0 bridgehead atoms. The standard InChI is InChI=1S/C16H11N3S/c17-9-11-3-1-4-12(7-11)15-10-20-16(19-15)13-5-2-6-14(18)8-13/h1-8,10H,18H2. The highest BCUT2D eigenvalue weighted by Crippen LogP contribution is 2.29. The van der Waals surface area contributed by atoms with Crippen molar-refractivity contribution < 1.29 is 0 Å². The minimum absolute atomic E-state index is 0.640. The molecule has 1 aromatic heterocycles. The first-order valence-corrected chi connectivity index (χ1v) is 6.96. The molecule has 0 atom stereocenters. The van der Waals surface area contributed by atoms with E-state index in [1.54, 1.807) is 17.4 Å². The Morgan fingerprint density at radius 1 is 1.05 bits per heavy atom. The van der Waals surface area contributed by atoms with Crippen molar-refractivity contribution >= 4 is 17.0 Å². The number of benzene rings is 2. The fraction of sp³-hybridized carbons (Fsp3) is 0. The van der Waals surface area contributed by atoms with Crippen LogP contribution in [0.4, 0.5) is 5.69 Å². The molecule has 0 radical (unpaired) electrons. The third-order valence-electron chi connectivity index (χ3n) is 2.93. The van der Waals surface area contributed by atoms with Crippen molar-refractivity contribution in [2.24, 2.45) is 0 Å². The van der Waals surface area contributed by atoms with Gasteiger partial charge >= 0.3 is 0 Å². The van der Waals surface area contributed by atoms with Crippen molar-refractivity contribution in [3.63, 3.8) is 0 Å². The SMILES string of the molecule is N#Cc1cccc(-c2csc(-c3cccc(N)c3)n2)c1. The van der Waals surface area contributed by atoms with Gasteiger partial charge in [0.15, 0.2) is 0 Å². The number of nitrogens with two attached hydrogens (primary N) is 1. The van der Waals surface area contributed by atoms with Crippen LogP contribution in [0.3, 0.4) is 0 Å². The van der Waals surface area contributed by atoms with Crippen LogP contribution in [-0.2, 0) is 0 Å². The second-order valence-electron chi connectivity index (χ2n) is 4.36. The molecule has 2 aromatic carbocycles. The average molecular weight is 277 g/mol. The Hall–Kier alpha value is -2.64. The molecular weight excluding hydrogens is 266 g/mol. The van der Waals surface area contributed by atoms with Crippen LogP contribution in [-0.4, -0.2) is 4.98 Å². The van der Waals surface area contributed by atoms with Gasteiger partial charge in [0.05, 0.1) is 17.3 Å². The molecule has 0 fully saturated rings. The Labute approximate surface area is 121 Å². The number of hydrogen-bond donors (Lipinski definition) is 1. The van der Waals surface area contributed by atoms with Crippen LogP contribution in [0.2, 0.25) is 0 Å². The zero-order valence-electron chi connectivity index (χ0n) is 10.6. The predicted octanol–water partition coefficient (Wildman–Crippen LogP) is 3.93. The van der Waals surface area contributed by atoms with Gasteiger partial charge in [-0.2, -0.15) is 5.26 Å².